The standard InChI is InChI=1S/C11H15ClN2/c1-2-7-14-11(5-6-13-14)9-3-4-10(12)8-9/h5-6,8,10H,2-4,7H2,1H3. The van der Waals surface area contributed by atoms with Gasteiger partial charge in [0.2, 0.25) is 0 Å². The maximum Gasteiger partial charge on any atom is 0.0639 e. The Labute approximate surface area is 89.6 Å². The molecule has 1 heterocycles. The number of alkyl halides is 1. The predicted octanol–water partition coefficient (Wildman–Crippen LogP) is 3.08. The van der Waals surface area contributed by atoms with Crippen molar-refractivity contribution in [2.24, 2.45) is 0 Å². The Kier molecular flexibility index (Phi) is 2.92. The summed E-state index contributed by atoms with van der Waals surface area (Å²) in [6, 6.07) is 2.08. The van der Waals surface area contributed by atoms with Crippen LogP contribution in [-0.2, 0) is 6.54 Å². The largest absolute Gasteiger partial charge is 0.265 e. The van der Waals surface area contributed by atoms with Crippen LogP contribution in [0.3, 0.4) is 0 Å². The summed E-state index contributed by atoms with van der Waals surface area (Å²) >= 11 is 6.05. The fourth-order valence-corrected chi connectivity index (χ4v) is 2.15. The number of allylic oxidation sites excluding steroid dienone is 2. The molecule has 76 valence electrons. The second-order valence-corrected chi connectivity index (χ2v) is 4.25. The van der Waals surface area contributed by atoms with Gasteiger partial charge in [0.15, 0.2) is 0 Å². The van der Waals surface area contributed by atoms with Crippen LogP contribution in [-0.4, -0.2) is 15.2 Å². The molecule has 0 aromatic carbocycles. The van der Waals surface area contributed by atoms with Gasteiger partial charge in [-0.2, -0.15) is 5.10 Å². The molecule has 3 heteroatoms. The molecule has 1 aromatic heterocycles. The van der Waals surface area contributed by atoms with Gasteiger partial charge >= 0.3 is 0 Å². The molecular formula is C11H15ClN2. The molecule has 1 unspecified atom stereocenters. The summed E-state index contributed by atoms with van der Waals surface area (Å²) in [6.45, 7) is 3.16. The van der Waals surface area contributed by atoms with Crippen LogP contribution in [0.4, 0.5) is 0 Å². The highest BCUT2D eigenvalue weighted by molar-refractivity contribution is 6.22. The summed E-state index contributed by atoms with van der Waals surface area (Å²) < 4.78 is 2.07. The van der Waals surface area contributed by atoms with Gasteiger partial charge in [-0.1, -0.05) is 13.0 Å². The molecule has 2 nitrogen and oxygen atoms in total. The second kappa shape index (κ2) is 4.18. The van der Waals surface area contributed by atoms with Crippen molar-refractivity contribution < 1.29 is 0 Å². The Morgan fingerprint density at radius 2 is 2.50 bits per heavy atom. The van der Waals surface area contributed by atoms with E-state index in [0.717, 1.165) is 25.8 Å². The number of aromatic nitrogens is 2. The molecule has 1 aliphatic rings. The van der Waals surface area contributed by atoms with Crippen LogP contribution in [0.5, 0.6) is 0 Å². The van der Waals surface area contributed by atoms with Crippen LogP contribution in [0.1, 0.15) is 31.9 Å². The normalized spacial score (nSPS) is 21.3. The van der Waals surface area contributed by atoms with Crippen molar-refractivity contribution in [3.63, 3.8) is 0 Å². The summed E-state index contributed by atoms with van der Waals surface area (Å²) in [6.07, 6.45) is 7.29. The highest BCUT2D eigenvalue weighted by atomic mass is 35.5. The third kappa shape index (κ3) is 1.85. The van der Waals surface area contributed by atoms with E-state index in [1.165, 1.54) is 11.3 Å². The molecule has 2 rings (SSSR count). The highest BCUT2D eigenvalue weighted by Gasteiger charge is 2.16. The minimum atomic E-state index is 0.218. The molecule has 0 N–H and O–H groups in total. The minimum Gasteiger partial charge on any atom is -0.265 e. The van der Waals surface area contributed by atoms with Crippen molar-refractivity contribution in [3.05, 3.63) is 24.0 Å². The topological polar surface area (TPSA) is 17.8 Å². The average molecular weight is 211 g/mol. The zero-order chi connectivity index (χ0) is 9.97. The van der Waals surface area contributed by atoms with Crippen molar-refractivity contribution >= 4 is 17.2 Å². The lowest BCUT2D eigenvalue weighted by molar-refractivity contribution is 0.595. The SMILES string of the molecule is CCCn1nccc1C1=CC(Cl)CC1. The lowest BCUT2D eigenvalue weighted by Crippen LogP contribution is -2.02. The van der Waals surface area contributed by atoms with E-state index in [1.807, 2.05) is 6.20 Å². The summed E-state index contributed by atoms with van der Waals surface area (Å²) in [5.41, 5.74) is 2.60. The highest BCUT2D eigenvalue weighted by Crippen LogP contribution is 2.30. The van der Waals surface area contributed by atoms with E-state index in [-0.39, 0.29) is 5.38 Å². The van der Waals surface area contributed by atoms with Crippen molar-refractivity contribution in [2.75, 3.05) is 0 Å². The molecule has 0 bridgehead atoms. The molecule has 1 aromatic rings. The van der Waals surface area contributed by atoms with E-state index in [4.69, 9.17) is 11.6 Å². The Balaban J connectivity index is 2.23. The monoisotopic (exact) mass is 210 g/mol. The van der Waals surface area contributed by atoms with Crippen molar-refractivity contribution in [1.29, 1.82) is 0 Å². The maximum absolute atomic E-state index is 6.05. The number of rotatable bonds is 3. The summed E-state index contributed by atoms with van der Waals surface area (Å²) in [4.78, 5) is 0. The van der Waals surface area contributed by atoms with Gasteiger partial charge in [-0.05, 0) is 30.9 Å². The second-order valence-electron chi connectivity index (χ2n) is 3.69. The van der Waals surface area contributed by atoms with Crippen molar-refractivity contribution in [1.82, 2.24) is 9.78 Å². The maximum atomic E-state index is 6.05. The van der Waals surface area contributed by atoms with Gasteiger partial charge in [0.25, 0.3) is 0 Å². The lowest BCUT2D eigenvalue weighted by Gasteiger charge is -2.05. The number of nitrogens with zero attached hydrogens (tertiary/aromatic N) is 2. The van der Waals surface area contributed by atoms with Gasteiger partial charge in [0, 0.05) is 12.7 Å². The van der Waals surface area contributed by atoms with Crippen LogP contribution in [0.2, 0.25) is 0 Å². The van der Waals surface area contributed by atoms with Gasteiger partial charge in [0.1, 0.15) is 0 Å². The zero-order valence-corrected chi connectivity index (χ0v) is 9.17. The molecule has 0 amide bonds. The van der Waals surface area contributed by atoms with E-state index in [1.54, 1.807) is 0 Å². The quantitative estimate of drug-likeness (QED) is 0.702. The van der Waals surface area contributed by atoms with Crippen LogP contribution >= 0.6 is 11.6 Å². The molecule has 1 atom stereocenters. The molecule has 1 aliphatic carbocycles. The van der Waals surface area contributed by atoms with E-state index in [9.17, 15) is 0 Å². The summed E-state index contributed by atoms with van der Waals surface area (Å²) in [5.74, 6) is 0. The molecular weight excluding hydrogens is 196 g/mol. The van der Waals surface area contributed by atoms with Crippen molar-refractivity contribution in [3.8, 4) is 0 Å². The van der Waals surface area contributed by atoms with Gasteiger partial charge in [-0.15, -0.1) is 11.6 Å². The Morgan fingerprint density at radius 3 is 3.14 bits per heavy atom. The Morgan fingerprint density at radius 1 is 1.64 bits per heavy atom. The van der Waals surface area contributed by atoms with Crippen molar-refractivity contribution in [2.45, 2.75) is 38.1 Å². The smallest absolute Gasteiger partial charge is 0.0639 e. The van der Waals surface area contributed by atoms with Crippen LogP contribution < -0.4 is 0 Å². The number of hydrogen-bond acceptors (Lipinski definition) is 1. The van der Waals surface area contributed by atoms with Gasteiger partial charge in [-0.25, -0.2) is 0 Å². The number of hydrogen-bond donors (Lipinski definition) is 0. The van der Waals surface area contributed by atoms with Crippen LogP contribution in [0, 0.1) is 0 Å². The molecule has 0 saturated heterocycles. The fourth-order valence-electron chi connectivity index (χ4n) is 1.89. The predicted molar refractivity (Wildman–Crippen MR) is 59.4 cm³/mol. The Hall–Kier alpha value is -0.760. The van der Waals surface area contributed by atoms with Gasteiger partial charge in [0.05, 0.1) is 11.1 Å². The van der Waals surface area contributed by atoms with E-state index in [0.29, 0.717) is 0 Å². The first-order valence-corrected chi connectivity index (χ1v) is 5.62. The van der Waals surface area contributed by atoms with E-state index in [2.05, 4.69) is 28.8 Å². The molecule has 0 radical (unpaired) electrons. The number of aryl methyl sites for hydroxylation is 1. The third-order valence-electron chi connectivity index (χ3n) is 2.55. The third-order valence-corrected chi connectivity index (χ3v) is 2.90. The zero-order valence-electron chi connectivity index (χ0n) is 8.41. The molecule has 0 fully saturated rings. The molecule has 0 aliphatic heterocycles. The van der Waals surface area contributed by atoms with Gasteiger partial charge < -0.3 is 0 Å². The van der Waals surface area contributed by atoms with E-state index < -0.39 is 0 Å². The molecule has 0 saturated carbocycles. The molecule has 14 heavy (non-hydrogen) atoms. The fraction of sp³-hybridized carbons (Fsp3) is 0.545. The first kappa shape index (κ1) is 9.78. The number of halogens is 1. The summed E-state index contributed by atoms with van der Waals surface area (Å²) in [7, 11) is 0. The lowest BCUT2D eigenvalue weighted by atomic mass is 10.1. The van der Waals surface area contributed by atoms with E-state index >= 15 is 0 Å². The van der Waals surface area contributed by atoms with Crippen LogP contribution in [0.15, 0.2) is 18.3 Å². The first-order chi connectivity index (χ1) is 6.81. The first-order valence-electron chi connectivity index (χ1n) is 5.18. The average Bonchev–Trinajstić information content (AvgIpc) is 2.74. The Bertz CT molecular complexity index is 341. The minimum absolute atomic E-state index is 0.218. The summed E-state index contributed by atoms with van der Waals surface area (Å²) in [5, 5.41) is 4.53. The van der Waals surface area contributed by atoms with Crippen LogP contribution in [0.25, 0.3) is 5.57 Å². The van der Waals surface area contributed by atoms with Gasteiger partial charge in [-0.3, -0.25) is 4.68 Å². The molecule has 0 spiro atoms.